The highest BCUT2D eigenvalue weighted by Gasteiger charge is 2.24. The molecule has 132 valence electrons. The molecule has 0 radical (unpaired) electrons. The molecule has 0 saturated carbocycles. The second kappa shape index (κ2) is 8.63. The van der Waals surface area contributed by atoms with Gasteiger partial charge in [0, 0.05) is 45.2 Å². The summed E-state index contributed by atoms with van der Waals surface area (Å²) in [5.74, 6) is -0.0999. The van der Waals surface area contributed by atoms with Gasteiger partial charge in [-0.1, -0.05) is 6.07 Å². The second-order valence-corrected chi connectivity index (χ2v) is 6.06. The Hall–Kier alpha value is -2.15. The zero-order valence-corrected chi connectivity index (χ0v) is 14.2. The largest absolute Gasteiger partial charge is 0.484 e. The van der Waals surface area contributed by atoms with E-state index in [1.165, 1.54) is 18.2 Å². The third kappa shape index (κ3) is 5.49. The third-order valence-corrected chi connectivity index (χ3v) is 3.92. The lowest BCUT2D eigenvalue weighted by atomic mass is 10.2. The van der Waals surface area contributed by atoms with Crippen LogP contribution >= 0.6 is 0 Å². The number of carbonyl (C=O) groups is 2. The summed E-state index contributed by atoms with van der Waals surface area (Å²) in [5.41, 5.74) is 0. The van der Waals surface area contributed by atoms with Gasteiger partial charge in [-0.25, -0.2) is 4.39 Å². The Balaban J connectivity index is 1.73. The van der Waals surface area contributed by atoms with Gasteiger partial charge in [0.25, 0.3) is 5.91 Å². The van der Waals surface area contributed by atoms with Crippen molar-refractivity contribution in [3.63, 3.8) is 0 Å². The zero-order valence-electron chi connectivity index (χ0n) is 14.2. The summed E-state index contributed by atoms with van der Waals surface area (Å²) in [6.45, 7) is 2.67. The van der Waals surface area contributed by atoms with E-state index in [4.69, 9.17) is 4.74 Å². The van der Waals surface area contributed by atoms with Gasteiger partial charge in [-0.3, -0.25) is 9.59 Å². The van der Waals surface area contributed by atoms with Crippen LogP contribution in [0.15, 0.2) is 24.3 Å². The maximum atomic E-state index is 13.1. The van der Waals surface area contributed by atoms with Crippen LogP contribution in [0.4, 0.5) is 4.39 Å². The normalized spacial score (nSPS) is 14.8. The Morgan fingerprint density at radius 2 is 1.75 bits per heavy atom. The summed E-state index contributed by atoms with van der Waals surface area (Å²) in [6, 6.07) is 5.71. The number of hydrogen-bond donors (Lipinski definition) is 0. The van der Waals surface area contributed by atoms with Gasteiger partial charge in [-0.05, 0) is 26.2 Å². The van der Waals surface area contributed by atoms with Crippen LogP contribution in [0, 0.1) is 5.82 Å². The number of halogens is 1. The smallest absolute Gasteiger partial charge is 0.260 e. The van der Waals surface area contributed by atoms with E-state index < -0.39 is 5.82 Å². The summed E-state index contributed by atoms with van der Waals surface area (Å²) >= 11 is 0. The molecule has 1 fully saturated rings. The predicted molar refractivity (Wildman–Crippen MR) is 88.2 cm³/mol. The van der Waals surface area contributed by atoms with Crippen molar-refractivity contribution in [2.24, 2.45) is 0 Å². The summed E-state index contributed by atoms with van der Waals surface area (Å²) in [5, 5.41) is 0. The number of amides is 2. The van der Waals surface area contributed by atoms with Crippen LogP contribution in [-0.4, -0.2) is 79.9 Å². The third-order valence-electron chi connectivity index (χ3n) is 3.92. The number of nitrogens with zero attached hydrogens (tertiary/aromatic N) is 3. The molecule has 2 amide bonds. The van der Waals surface area contributed by atoms with Crippen molar-refractivity contribution in [2.45, 2.75) is 6.42 Å². The molecule has 7 heteroatoms. The van der Waals surface area contributed by atoms with Crippen molar-refractivity contribution in [3.8, 4) is 5.75 Å². The molecular weight excluding hydrogens is 313 g/mol. The molecule has 1 saturated heterocycles. The highest BCUT2D eigenvalue weighted by molar-refractivity contribution is 5.79. The van der Waals surface area contributed by atoms with Crippen molar-refractivity contribution in [1.29, 1.82) is 0 Å². The van der Waals surface area contributed by atoms with Gasteiger partial charge in [0.2, 0.25) is 5.91 Å². The van der Waals surface area contributed by atoms with E-state index >= 15 is 0 Å². The molecule has 1 aliphatic heterocycles. The molecule has 24 heavy (non-hydrogen) atoms. The molecule has 6 nitrogen and oxygen atoms in total. The topological polar surface area (TPSA) is 53.1 Å². The SMILES string of the molecule is CN(C)CCC(=O)N1CCN(C(=O)COc2cccc(F)c2)CC1. The fraction of sp³-hybridized carbons (Fsp3) is 0.529. The molecule has 2 rings (SSSR count). The molecule has 0 aliphatic carbocycles. The maximum absolute atomic E-state index is 13.1. The van der Waals surface area contributed by atoms with Crippen LogP contribution in [0.5, 0.6) is 5.75 Å². The molecule has 1 aromatic carbocycles. The van der Waals surface area contributed by atoms with E-state index in [1.54, 1.807) is 15.9 Å². The lowest BCUT2D eigenvalue weighted by Gasteiger charge is -2.35. The van der Waals surface area contributed by atoms with Gasteiger partial charge in [0.05, 0.1) is 0 Å². The number of carbonyl (C=O) groups excluding carboxylic acids is 2. The van der Waals surface area contributed by atoms with Crippen LogP contribution in [0.1, 0.15) is 6.42 Å². The summed E-state index contributed by atoms with van der Waals surface area (Å²) in [7, 11) is 3.87. The minimum atomic E-state index is -0.398. The van der Waals surface area contributed by atoms with Crippen LogP contribution < -0.4 is 4.74 Å². The van der Waals surface area contributed by atoms with Crippen LogP contribution in [0.25, 0.3) is 0 Å². The van der Waals surface area contributed by atoms with Crippen molar-refractivity contribution in [2.75, 3.05) is 53.4 Å². The van der Waals surface area contributed by atoms with E-state index in [2.05, 4.69) is 0 Å². The Kier molecular flexibility index (Phi) is 6.54. The summed E-state index contributed by atoms with van der Waals surface area (Å²) in [4.78, 5) is 29.6. The van der Waals surface area contributed by atoms with Gasteiger partial charge in [-0.2, -0.15) is 0 Å². The fourth-order valence-electron chi connectivity index (χ4n) is 2.48. The van der Waals surface area contributed by atoms with Gasteiger partial charge in [0.1, 0.15) is 11.6 Å². The number of ether oxygens (including phenoxy) is 1. The molecule has 0 spiro atoms. The molecule has 1 aromatic rings. The summed E-state index contributed by atoms with van der Waals surface area (Å²) < 4.78 is 18.4. The molecular formula is C17H24FN3O3. The molecule has 0 atom stereocenters. The highest BCUT2D eigenvalue weighted by atomic mass is 19.1. The lowest BCUT2D eigenvalue weighted by molar-refractivity contribution is -0.140. The number of benzene rings is 1. The molecule has 1 aliphatic rings. The minimum absolute atomic E-state index is 0.117. The Bertz CT molecular complexity index is 572. The quantitative estimate of drug-likeness (QED) is 0.771. The van der Waals surface area contributed by atoms with E-state index in [-0.39, 0.29) is 18.4 Å². The van der Waals surface area contributed by atoms with E-state index in [9.17, 15) is 14.0 Å². The Morgan fingerprint density at radius 3 is 2.33 bits per heavy atom. The minimum Gasteiger partial charge on any atom is -0.484 e. The van der Waals surface area contributed by atoms with Gasteiger partial charge in [0.15, 0.2) is 6.61 Å². The molecule has 0 aromatic heterocycles. The molecule has 0 bridgehead atoms. The van der Waals surface area contributed by atoms with Gasteiger partial charge >= 0.3 is 0 Å². The average molecular weight is 337 g/mol. The van der Waals surface area contributed by atoms with Crippen molar-refractivity contribution in [1.82, 2.24) is 14.7 Å². The zero-order chi connectivity index (χ0) is 17.5. The first-order valence-corrected chi connectivity index (χ1v) is 8.04. The standard InChI is InChI=1S/C17H24FN3O3/c1-19(2)7-6-16(22)20-8-10-21(11-9-20)17(23)13-24-15-5-3-4-14(18)12-15/h3-5,12H,6-11,13H2,1-2H3. The maximum Gasteiger partial charge on any atom is 0.260 e. The van der Waals surface area contributed by atoms with E-state index in [0.717, 1.165) is 6.54 Å². The van der Waals surface area contributed by atoms with Crippen molar-refractivity contribution in [3.05, 3.63) is 30.1 Å². The summed E-state index contributed by atoms with van der Waals surface area (Å²) in [6.07, 6.45) is 0.490. The lowest BCUT2D eigenvalue weighted by Crippen LogP contribution is -2.51. The first-order chi connectivity index (χ1) is 11.5. The van der Waals surface area contributed by atoms with Gasteiger partial charge < -0.3 is 19.4 Å². The van der Waals surface area contributed by atoms with E-state index in [1.807, 2.05) is 19.0 Å². The van der Waals surface area contributed by atoms with Crippen LogP contribution in [-0.2, 0) is 9.59 Å². The molecule has 0 unspecified atom stereocenters. The van der Waals surface area contributed by atoms with E-state index in [0.29, 0.717) is 38.3 Å². The second-order valence-electron chi connectivity index (χ2n) is 6.06. The highest BCUT2D eigenvalue weighted by Crippen LogP contribution is 2.12. The van der Waals surface area contributed by atoms with Crippen LogP contribution in [0.2, 0.25) is 0 Å². The number of hydrogen-bond acceptors (Lipinski definition) is 4. The predicted octanol–water partition coefficient (Wildman–Crippen LogP) is 0.827. The van der Waals surface area contributed by atoms with Crippen LogP contribution in [0.3, 0.4) is 0 Å². The first kappa shape index (κ1) is 18.2. The monoisotopic (exact) mass is 337 g/mol. The number of piperazine rings is 1. The molecule has 0 N–H and O–H groups in total. The fourth-order valence-corrected chi connectivity index (χ4v) is 2.48. The van der Waals surface area contributed by atoms with Gasteiger partial charge in [-0.15, -0.1) is 0 Å². The molecule has 1 heterocycles. The van der Waals surface area contributed by atoms with Crippen molar-refractivity contribution >= 4 is 11.8 Å². The number of rotatable bonds is 6. The van der Waals surface area contributed by atoms with Crippen molar-refractivity contribution < 1.29 is 18.7 Å². The Labute approximate surface area is 141 Å². The Morgan fingerprint density at radius 1 is 1.12 bits per heavy atom. The average Bonchev–Trinajstić information content (AvgIpc) is 2.57. The first-order valence-electron chi connectivity index (χ1n) is 8.04.